The minimum atomic E-state index is 0.540. The van der Waals surface area contributed by atoms with Gasteiger partial charge in [0, 0.05) is 18.3 Å². The van der Waals surface area contributed by atoms with Gasteiger partial charge >= 0.3 is 0 Å². The molecule has 3 rings (SSSR count). The molecule has 1 heterocycles. The van der Waals surface area contributed by atoms with E-state index in [1.807, 2.05) is 24.3 Å². The van der Waals surface area contributed by atoms with Crippen LogP contribution >= 0.6 is 0 Å². The van der Waals surface area contributed by atoms with Gasteiger partial charge in [0.2, 0.25) is 0 Å². The van der Waals surface area contributed by atoms with E-state index in [2.05, 4.69) is 42.0 Å². The Morgan fingerprint density at radius 3 is 2.86 bits per heavy atom. The van der Waals surface area contributed by atoms with Crippen LogP contribution in [0.1, 0.15) is 11.1 Å². The number of hydrogen-bond acceptors (Lipinski definition) is 2. The van der Waals surface area contributed by atoms with Gasteiger partial charge in [0.15, 0.2) is 0 Å². The number of aryl methyl sites for hydroxylation is 1. The van der Waals surface area contributed by atoms with E-state index in [9.17, 15) is 0 Å². The Labute approximate surface area is 125 Å². The predicted molar refractivity (Wildman–Crippen MR) is 86.5 cm³/mol. The zero-order chi connectivity index (χ0) is 14.7. The van der Waals surface area contributed by atoms with E-state index in [1.54, 1.807) is 0 Å². The van der Waals surface area contributed by atoms with Gasteiger partial charge in [-0.1, -0.05) is 24.3 Å². The molecule has 0 aliphatic rings. The maximum absolute atomic E-state index is 5.82. The molecule has 0 atom stereocenters. The number of aromatic nitrogens is 1. The quantitative estimate of drug-likeness (QED) is 0.777. The van der Waals surface area contributed by atoms with E-state index in [4.69, 9.17) is 10.5 Å². The average molecular weight is 280 g/mol. The maximum atomic E-state index is 5.82. The molecule has 0 amide bonds. The molecule has 108 valence electrons. The number of rotatable bonds is 5. The third-order valence-corrected chi connectivity index (χ3v) is 3.66. The van der Waals surface area contributed by atoms with Crippen LogP contribution in [0.4, 0.5) is 0 Å². The van der Waals surface area contributed by atoms with Gasteiger partial charge in [-0.25, -0.2) is 0 Å². The van der Waals surface area contributed by atoms with Crippen molar-refractivity contribution in [2.75, 3.05) is 6.61 Å². The fourth-order valence-electron chi connectivity index (χ4n) is 2.51. The van der Waals surface area contributed by atoms with Crippen molar-refractivity contribution in [3.8, 4) is 5.75 Å². The highest BCUT2D eigenvalue weighted by molar-refractivity contribution is 5.80. The van der Waals surface area contributed by atoms with Gasteiger partial charge in [0.1, 0.15) is 12.4 Å². The topological polar surface area (TPSA) is 40.2 Å². The number of hydrogen-bond donors (Lipinski definition) is 1. The van der Waals surface area contributed by atoms with Crippen molar-refractivity contribution in [1.82, 2.24) is 4.57 Å². The second-order valence-corrected chi connectivity index (χ2v) is 5.27. The Morgan fingerprint density at radius 1 is 1.10 bits per heavy atom. The molecule has 0 bridgehead atoms. The Hall–Kier alpha value is -2.26. The predicted octanol–water partition coefficient (Wildman–Crippen LogP) is 3.49. The van der Waals surface area contributed by atoms with Gasteiger partial charge in [0.25, 0.3) is 0 Å². The van der Waals surface area contributed by atoms with E-state index in [0.29, 0.717) is 13.2 Å². The number of benzene rings is 2. The smallest absolute Gasteiger partial charge is 0.119 e. The molecule has 2 N–H and O–H groups in total. The van der Waals surface area contributed by atoms with Crippen LogP contribution in [0.5, 0.6) is 5.75 Å². The summed E-state index contributed by atoms with van der Waals surface area (Å²) in [6, 6.07) is 16.6. The molecule has 0 saturated heterocycles. The van der Waals surface area contributed by atoms with Gasteiger partial charge in [0.05, 0.1) is 6.54 Å². The standard InChI is InChI=1S/C18H20N2O/c1-14-5-6-16-7-8-20(18(16)11-14)9-10-21-17-4-2-3-15(12-17)13-19/h2-8,11-12H,9-10,13,19H2,1H3. The van der Waals surface area contributed by atoms with Crippen LogP contribution in [-0.4, -0.2) is 11.2 Å². The molecule has 1 aromatic heterocycles. The largest absolute Gasteiger partial charge is 0.492 e. The fourth-order valence-corrected chi connectivity index (χ4v) is 2.51. The molecule has 0 radical (unpaired) electrons. The first-order chi connectivity index (χ1) is 10.3. The van der Waals surface area contributed by atoms with E-state index in [0.717, 1.165) is 17.9 Å². The highest BCUT2D eigenvalue weighted by Crippen LogP contribution is 2.18. The molecular weight excluding hydrogens is 260 g/mol. The summed E-state index contributed by atoms with van der Waals surface area (Å²) >= 11 is 0. The van der Waals surface area contributed by atoms with Crippen LogP contribution in [-0.2, 0) is 13.1 Å². The highest BCUT2D eigenvalue weighted by Gasteiger charge is 2.02. The van der Waals surface area contributed by atoms with Gasteiger partial charge < -0.3 is 15.0 Å². The summed E-state index contributed by atoms with van der Waals surface area (Å²) < 4.78 is 8.06. The molecule has 0 unspecified atom stereocenters. The molecule has 21 heavy (non-hydrogen) atoms. The SMILES string of the molecule is Cc1ccc2ccn(CCOc3cccc(CN)c3)c2c1. The summed E-state index contributed by atoms with van der Waals surface area (Å²) in [4.78, 5) is 0. The molecule has 2 aromatic carbocycles. The van der Waals surface area contributed by atoms with Gasteiger partial charge in [-0.2, -0.15) is 0 Å². The summed E-state index contributed by atoms with van der Waals surface area (Å²) in [5.74, 6) is 0.880. The molecule has 0 aliphatic carbocycles. The maximum Gasteiger partial charge on any atom is 0.119 e. The van der Waals surface area contributed by atoms with Crippen LogP contribution in [0, 0.1) is 6.92 Å². The van der Waals surface area contributed by atoms with Crippen LogP contribution in [0.2, 0.25) is 0 Å². The minimum absolute atomic E-state index is 0.540. The van der Waals surface area contributed by atoms with Crippen molar-refractivity contribution in [2.45, 2.75) is 20.0 Å². The first-order valence-corrected chi connectivity index (χ1v) is 7.23. The van der Waals surface area contributed by atoms with Crippen LogP contribution in [0.15, 0.2) is 54.7 Å². The lowest BCUT2D eigenvalue weighted by molar-refractivity contribution is 0.300. The molecular formula is C18H20N2O. The highest BCUT2D eigenvalue weighted by atomic mass is 16.5. The normalized spacial score (nSPS) is 11.0. The van der Waals surface area contributed by atoms with Gasteiger partial charge in [-0.3, -0.25) is 0 Å². The van der Waals surface area contributed by atoms with Crippen LogP contribution in [0.25, 0.3) is 10.9 Å². The summed E-state index contributed by atoms with van der Waals surface area (Å²) in [7, 11) is 0. The molecule has 0 saturated carbocycles. The number of nitrogens with two attached hydrogens (primary N) is 1. The summed E-state index contributed by atoms with van der Waals surface area (Å²) in [6.45, 7) is 4.13. The third-order valence-electron chi connectivity index (χ3n) is 3.66. The molecule has 3 heteroatoms. The number of nitrogens with zero attached hydrogens (tertiary/aromatic N) is 1. The van der Waals surface area contributed by atoms with E-state index < -0.39 is 0 Å². The van der Waals surface area contributed by atoms with E-state index in [1.165, 1.54) is 16.5 Å². The zero-order valence-electron chi connectivity index (χ0n) is 12.3. The minimum Gasteiger partial charge on any atom is -0.492 e. The summed E-state index contributed by atoms with van der Waals surface area (Å²) in [5.41, 5.74) is 9.27. The molecule has 3 aromatic rings. The first-order valence-electron chi connectivity index (χ1n) is 7.23. The van der Waals surface area contributed by atoms with Crippen LogP contribution in [0.3, 0.4) is 0 Å². The first kappa shape index (κ1) is 13.7. The summed E-state index contributed by atoms with van der Waals surface area (Å²) in [6.07, 6.45) is 2.11. The van der Waals surface area contributed by atoms with Crippen molar-refractivity contribution in [3.05, 3.63) is 65.9 Å². The number of ether oxygens (including phenoxy) is 1. The molecule has 0 aliphatic heterocycles. The molecule has 0 spiro atoms. The van der Waals surface area contributed by atoms with Crippen LogP contribution < -0.4 is 10.5 Å². The second kappa shape index (κ2) is 6.02. The third kappa shape index (κ3) is 3.09. The summed E-state index contributed by atoms with van der Waals surface area (Å²) in [5, 5.41) is 1.27. The fraction of sp³-hybridized carbons (Fsp3) is 0.222. The van der Waals surface area contributed by atoms with Crippen molar-refractivity contribution >= 4 is 10.9 Å². The lowest BCUT2D eigenvalue weighted by Gasteiger charge is -2.09. The van der Waals surface area contributed by atoms with Gasteiger partial charge in [-0.15, -0.1) is 0 Å². The van der Waals surface area contributed by atoms with Crippen molar-refractivity contribution in [1.29, 1.82) is 0 Å². The lowest BCUT2D eigenvalue weighted by atomic mass is 10.2. The second-order valence-electron chi connectivity index (χ2n) is 5.27. The van der Waals surface area contributed by atoms with Crippen molar-refractivity contribution < 1.29 is 4.74 Å². The Balaban J connectivity index is 1.67. The lowest BCUT2D eigenvalue weighted by Crippen LogP contribution is -2.07. The van der Waals surface area contributed by atoms with Crippen molar-refractivity contribution in [2.24, 2.45) is 5.73 Å². The Kier molecular flexibility index (Phi) is 3.93. The Morgan fingerprint density at radius 2 is 2.00 bits per heavy atom. The Bertz CT molecular complexity index is 746. The average Bonchev–Trinajstić information content (AvgIpc) is 2.90. The molecule has 3 nitrogen and oxygen atoms in total. The van der Waals surface area contributed by atoms with Gasteiger partial charge in [-0.05, 0) is 47.7 Å². The van der Waals surface area contributed by atoms with E-state index in [-0.39, 0.29) is 0 Å². The van der Waals surface area contributed by atoms with E-state index >= 15 is 0 Å². The van der Waals surface area contributed by atoms with Crippen molar-refractivity contribution in [3.63, 3.8) is 0 Å². The zero-order valence-corrected chi connectivity index (χ0v) is 12.3. The molecule has 0 fully saturated rings. The number of fused-ring (bicyclic) bond motifs is 1. The monoisotopic (exact) mass is 280 g/mol.